The molecule has 4 heteroatoms. The van der Waals surface area contributed by atoms with Gasteiger partial charge in [-0.05, 0) is 38.0 Å². The van der Waals surface area contributed by atoms with Crippen LogP contribution in [-0.4, -0.2) is 18.0 Å². The minimum Gasteiger partial charge on any atom is -0.453 e. The van der Waals surface area contributed by atoms with E-state index in [-0.39, 0.29) is 5.91 Å². The van der Waals surface area contributed by atoms with Crippen molar-refractivity contribution < 1.29 is 14.3 Å². The van der Waals surface area contributed by atoms with Crippen molar-refractivity contribution in [1.82, 2.24) is 0 Å². The fourth-order valence-electron chi connectivity index (χ4n) is 1.41. The average Bonchev–Trinajstić information content (AvgIpc) is 2.22. The number of rotatable bonds is 3. The van der Waals surface area contributed by atoms with E-state index in [4.69, 9.17) is 4.74 Å². The standard InChI is InChI=1S/C13H17NO3/c1-8-5-6-9(2)12(7-8)14-13(16)10(3)17-11(4)15/h5-7,10H,1-4H3,(H,14,16)/t10-/m0/s1. The molecular weight excluding hydrogens is 218 g/mol. The fourth-order valence-corrected chi connectivity index (χ4v) is 1.41. The topological polar surface area (TPSA) is 55.4 Å². The van der Waals surface area contributed by atoms with Crippen molar-refractivity contribution in [2.75, 3.05) is 5.32 Å². The Morgan fingerprint density at radius 3 is 2.53 bits per heavy atom. The molecule has 0 bridgehead atoms. The number of hydrogen-bond donors (Lipinski definition) is 1. The quantitative estimate of drug-likeness (QED) is 0.817. The molecule has 0 aromatic heterocycles. The van der Waals surface area contributed by atoms with Gasteiger partial charge in [-0.15, -0.1) is 0 Å². The van der Waals surface area contributed by atoms with Gasteiger partial charge in [-0.1, -0.05) is 12.1 Å². The highest BCUT2D eigenvalue weighted by Gasteiger charge is 2.16. The number of aryl methyl sites for hydroxylation is 2. The number of anilines is 1. The van der Waals surface area contributed by atoms with Crippen LogP contribution < -0.4 is 5.32 Å². The maximum absolute atomic E-state index is 11.7. The minimum absolute atomic E-state index is 0.325. The molecule has 0 aliphatic heterocycles. The summed E-state index contributed by atoms with van der Waals surface area (Å²) in [6.45, 7) is 6.68. The van der Waals surface area contributed by atoms with Gasteiger partial charge in [-0.3, -0.25) is 9.59 Å². The second kappa shape index (κ2) is 5.48. The summed E-state index contributed by atoms with van der Waals surface area (Å²) in [6.07, 6.45) is -0.785. The van der Waals surface area contributed by atoms with Crippen molar-refractivity contribution in [1.29, 1.82) is 0 Å². The van der Waals surface area contributed by atoms with E-state index in [1.54, 1.807) is 6.92 Å². The van der Waals surface area contributed by atoms with Crippen molar-refractivity contribution >= 4 is 17.6 Å². The van der Waals surface area contributed by atoms with Gasteiger partial charge in [-0.2, -0.15) is 0 Å². The molecule has 0 saturated heterocycles. The molecule has 92 valence electrons. The van der Waals surface area contributed by atoms with Crippen LogP contribution in [0.1, 0.15) is 25.0 Å². The first kappa shape index (κ1) is 13.2. The predicted octanol–water partition coefficient (Wildman–Crippen LogP) is 2.19. The van der Waals surface area contributed by atoms with Crippen molar-refractivity contribution in [2.45, 2.75) is 33.8 Å². The van der Waals surface area contributed by atoms with Crippen molar-refractivity contribution in [2.24, 2.45) is 0 Å². The third kappa shape index (κ3) is 3.90. The second-order valence-electron chi connectivity index (χ2n) is 4.06. The van der Waals surface area contributed by atoms with Gasteiger partial charge in [0.1, 0.15) is 0 Å². The molecule has 1 atom stereocenters. The third-order valence-corrected chi connectivity index (χ3v) is 2.36. The zero-order valence-corrected chi connectivity index (χ0v) is 10.5. The lowest BCUT2D eigenvalue weighted by molar-refractivity contribution is -0.150. The summed E-state index contributed by atoms with van der Waals surface area (Å²) >= 11 is 0. The van der Waals surface area contributed by atoms with Gasteiger partial charge >= 0.3 is 5.97 Å². The predicted molar refractivity (Wildman–Crippen MR) is 65.8 cm³/mol. The van der Waals surface area contributed by atoms with Crippen LogP contribution in [0.2, 0.25) is 0 Å². The van der Waals surface area contributed by atoms with Crippen LogP contribution in [0.4, 0.5) is 5.69 Å². The van der Waals surface area contributed by atoms with Gasteiger partial charge in [-0.25, -0.2) is 0 Å². The summed E-state index contributed by atoms with van der Waals surface area (Å²) in [5, 5.41) is 2.74. The molecule has 1 aromatic carbocycles. The van der Waals surface area contributed by atoms with Crippen molar-refractivity contribution in [3.05, 3.63) is 29.3 Å². The lowest BCUT2D eigenvalue weighted by atomic mass is 10.1. The van der Waals surface area contributed by atoms with Crippen LogP contribution in [-0.2, 0) is 14.3 Å². The Hall–Kier alpha value is -1.84. The Labute approximate surface area is 101 Å². The third-order valence-electron chi connectivity index (χ3n) is 2.36. The minimum atomic E-state index is -0.785. The molecule has 4 nitrogen and oxygen atoms in total. The number of esters is 1. The smallest absolute Gasteiger partial charge is 0.303 e. The molecule has 0 spiro atoms. The van der Waals surface area contributed by atoms with E-state index in [0.717, 1.165) is 16.8 Å². The highest BCUT2D eigenvalue weighted by molar-refractivity contribution is 5.95. The van der Waals surface area contributed by atoms with E-state index < -0.39 is 12.1 Å². The first-order valence-electron chi connectivity index (χ1n) is 5.45. The Morgan fingerprint density at radius 2 is 1.94 bits per heavy atom. The molecule has 0 aliphatic rings. The van der Waals surface area contributed by atoms with Gasteiger partial charge in [0.2, 0.25) is 0 Å². The molecule has 1 amide bonds. The number of ether oxygens (including phenoxy) is 1. The number of hydrogen-bond acceptors (Lipinski definition) is 3. The maximum Gasteiger partial charge on any atom is 0.303 e. The molecule has 1 N–H and O–H groups in total. The Balaban J connectivity index is 2.73. The van der Waals surface area contributed by atoms with E-state index in [0.29, 0.717) is 0 Å². The van der Waals surface area contributed by atoms with Gasteiger partial charge in [0, 0.05) is 12.6 Å². The largest absolute Gasteiger partial charge is 0.453 e. The Morgan fingerprint density at radius 1 is 1.29 bits per heavy atom. The second-order valence-corrected chi connectivity index (χ2v) is 4.06. The van der Waals surface area contributed by atoms with Gasteiger partial charge in [0.05, 0.1) is 0 Å². The number of amides is 1. The summed E-state index contributed by atoms with van der Waals surface area (Å²) < 4.78 is 4.80. The first-order valence-corrected chi connectivity index (χ1v) is 5.45. The molecular formula is C13H17NO3. The zero-order valence-electron chi connectivity index (χ0n) is 10.5. The highest BCUT2D eigenvalue weighted by Crippen LogP contribution is 2.16. The number of carbonyl (C=O) groups is 2. The lowest BCUT2D eigenvalue weighted by Crippen LogP contribution is -2.29. The maximum atomic E-state index is 11.7. The highest BCUT2D eigenvalue weighted by atomic mass is 16.5. The molecule has 0 radical (unpaired) electrons. The molecule has 0 heterocycles. The van der Waals surface area contributed by atoms with Crippen LogP contribution >= 0.6 is 0 Å². The SMILES string of the molecule is CC(=O)O[C@@H](C)C(=O)Nc1cc(C)ccc1C. The van der Waals surface area contributed by atoms with E-state index in [9.17, 15) is 9.59 Å². The van der Waals surface area contributed by atoms with Crippen molar-refractivity contribution in [3.8, 4) is 0 Å². The van der Waals surface area contributed by atoms with Gasteiger partial charge in [0.25, 0.3) is 5.91 Å². The van der Waals surface area contributed by atoms with Gasteiger partial charge < -0.3 is 10.1 Å². The lowest BCUT2D eigenvalue weighted by Gasteiger charge is -2.14. The molecule has 0 unspecified atom stereocenters. The fraction of sp³-hybridized carbons (Fsp3) is 0.385. The van der Waals surface area contributed by atoms with Gasteiger partial charge in [0.15, 0.2) is 6.10 Å². The number of carbonyl (C=O) groups excluding carboxylic acids is 2. The molecule has 1 aromatic rings. The Kier molecular flexibility index (Phi) is 4.26. The van der Waals surface area contributed by atoms with Crippen LogP contribution in [0.5, 0.6) is 0 Å². The number of benzene rings is 1. The molecule has 0 saturated carbocycles. The van der Waals surface area contributed by atoms with Crippen molar-refractivity contribution in [3.63, 3.8) is 0 Å². The molecule has 1 rings (SSSR count). The average molecular weight is 235 g/mol. The van der Waals surface area contributed by atoms with E-state index in [1.807, 2.05) is 32.0 Å². The summed E-state index contributed by atoms with van der Waals surface area (Å²) in [7, 11) is 0. The first-order chi connectivity index (χ1) is 7.90. The molecule has 0 fully saturated rings. The monoisotopic (exact) mass is 235 g/mol. The zero-order chi connectivity index (χ0) is 13.0. The Bertz CT molecular complexity index is 440. The van der Waals surface area contributed by atoms with E-state index >= 15 is 0 Å². The normalized spacial score (nSPS) is 11.8. The summed E-state index contributed by atoms with van der Waals surface area (Å²) in [5.41, 5.74) is 2.78. The number of nitrogens with one attached hydrogen (secondary N) is 1. The van der Waals surface area contributed by atoms with Crippen LogP contribution in [0.15, 0.2) is 18.2 Å². The summed E-state index contributed by atoms with van der Waals surface area (Å²) in [4.78, 5) is 22.5. The van der Waals surface area contributed by atoms with E-state index in [2.05, 4.69) is 5.32 Å². The van der Waals surface area contributed by atoms with E-state index in [1.165, 1.54) is 6.92 Å². The van der Waals surface area contributed by atoms with Crippen LogP contribution in [0.3, 0.4) is 0 Å². The summed E-state index contributed by atoms with van der Waals surface area (Å²) in [5.74, 6) is -0.789. The molecule has 0 aliphatic carbocycles. The van der Waals surface area contributed by atoms with Crippen LogP contribution in [0.25, 0.3) is 0 Å². The van der Waals surface area contributed by atoms with Crippen LogP contribution in [0, 0.1) is 13.8 Å². The molecule has 17 heavy (non-hydrogen) atoms. The summed E-state index contributed by atoms with van der Waals surface area (Å²) in [6, 6.07) is 5.79.